The zero-order valence-corrected chi connectivity index (χ0v) is 23.8. The Morgan fingerprint density at radius 2 is 1.68 bits per heavy atom. The van der Waals surface area contributed by atoms with Crippen LogP contribution in [0.5, 0.6) is 0 Å². The summed E-state index contributed by atoms with van der Waals surface area (Å²) in [6.45, 7) is 9.14. The summed E-state index contributed by atoms with van der Waals surface area (Å²) in [5.41, 5.74) is 0.110. The van der Waals surface area contributed by atoms with E-state index in [9.17, 15) is 19.2 Å². The average Bonchev–Trinajstić information content (AvgIpc) is 3.17. The van der Waals surface area contributed by atoms with Crippen LogP contribution in [0.3, 0.4) is 0 Å². The molecule has 38 heavy (non-hydrogen) atoms. The van der Waals surface area contributed by atoms with Crippen LogP contribution in [-0.4, -0.2) is 71.0 Å². The molecule has 1 N–H and O–H groups in total. The average molecular weight is 532 g/mol. The molecule has 2 rings (SSSR count). The van der Waals surface area contributed by atoms with Crippen molar-refractivity contribution in [3.63, 3.8) is 0 Å². The highest BCUT2D eigenvalue weighted by molar-refractivity contribution is 6.03. The molecule has 3 atom stereocenters. The standard InChI is InChI=1S/C29H45N3O6/c1-7-8-9-10-11-15-18-23(26(34)37-20-22-16-13-12-14-17-22)30-21(2)25(33)32-24(19-31(6)28(32)36)27(35)38-29(3,4)5/h12-14,16-17,21,23-24,30H,7-11,15,18-20H2,1-6H3/t21-,23+,24+/m1/s1. The van der Waals surface area contributed by atoms with Gasteiger partial charge in [0.05, 0.1) is 12.6 Å². The minimum absolute atomic E-state index is 0.0481. The Kier molecular flexibility index (Phi) is 12.2. The highest BCUT2D eigenvalue weighted by atomic mass is 16.6. The van der Waals surface area contributed by atoms with Crippen molar-refractivity contribution < 1.29 is 28.7 Å². The molecular weight excluding hydrogens is 486 g/mol. The molecule has 9 nitrogen and oxygen atoms in total. The molecule has 1 aliphatic heterocycles. The van der Waals surface area contributed by atoms with E-state index in [1.54, 1.807) is 27.7 Å². The predicted molar refractivity (Wildman–Crippen MR) is 145 cm³/mol. The van der Waals surface area contributed by atoms with Crippen LogP contribution in [0.1, 0.15) is 85.1 Å². The molecule has 1 heterocycles. The third kappa shape index (κ3) is 9.74. The summed E-state index contributed by atoms with van der Waals surface area (Å²) >= 11 is 0. The fourth-order valence-electron chi connectivity index (χ4n) is 4.34. The summed E-state index contributed by atoms with van der Waals surface area (Å²) < 4.78 is 11.0. The summed E-state index contributed by atoms with van der Waals surface area (Å²) in [4.78, 5) is 54.4. The van der Waals surface area contributed by atoms with E-state index in [0.29, 0.717) is 6.42 Å². The van der Waals surface area contributed by atoms with Crippen LogP contribution in [0.2, 0.25) is 0 Å². The Hall–Kier alpha value is -2.94. The van der Waals surface area contributed by atoms with Gasteiger partial charge < -0.3 is 14.4 Å². The molecule has 0 unspecified atom stereocenters. The van der Waals surface area contributed by atoms with E-state index in [2.05, 4.69) is 12.2 Å². The molecule has 0 spiro atoms. The van der Waals surface area contributed by atoms with Crippen LogP contribution in [0.15, 0.2) is 30.3 Å². The number of nitrogens with zero attached hydrogens (tertiary/aromatic N) is 2. The Morgan fingerprint density at radius 1 is 1.05 bits per heavy atom. The molecule has 0 radical (unpaired) electrons. The van der Waals surface area contributed by atoms with Gasteiger partial charge in [-0.25, -0.2) is 14.5 Å². The molecule has 1 aromatic rings. The second-order valence-corrected chi connectivity index (χ2v) is 11.0. The zero-order chi connectivity index (χ0) is 28.3. The number of hydrogen-bond donors (Lipinski definition) is 1. The van der Waals surface area contributed by atoms with Crippen LogP contribution in [0, 0.1) is 0 Å². The lowest BCUT2D eigenvalue weighted by Crippen LogP contribution is -2.55. The summed E-state index contributed by atoms with van der Waals surface area (Å²) in [5.74, 6) is -1.67. The number of nitrogens with one attached hydrogen (secondary N) is 1. The fraction of sp³-hybridized carbons (Fsp3) is 0.655. The molecule has 0 aliphatic carbocycles. The lowest BCUT2D eigenvalue weighted by molar-refractivity contribution is -0.162. The van der Waals surface area contributed by atoms with Gasteiger partial charge in [-0.15, -0.1) is 0 Å². The normalized spacial score (nSPS) is 17.3. The number of carbonyl (C=O) groups is 4. The summed E-state index contributed by atoms with van der Waals surface area (Å²) in [6.07, 6.45) is 6.85. The molecule has 3 amide bonds. The first kappa shape index (κ1) is 31.3. The molecule has 1 fully saturated rings. The number of ether oxygens (including phenoxy) is 2. The van der Waals surface area contributed by atoms with Crippen molar-refractivity contribution in [2.24, 2.45) is 0 Å². The quantitative estimate of drug-likeness (QED) is 0.280. The van der Waals surface area contributed by atoms with E-state index in [0.717, 1.165) is 42.6 Å². The van der Waals surface area contributed by atoms with Gasteiger partial charge in [0.2, 0.25) is 5.91 Å². The molecule has 0 bridgehead atoms. The van der Waals surface area contributed by atoms with Gasteiger partial charge in [-0.2, -0.15) is 0 Å². The van der Waals surface area contributed by atoms with Crippen LogP contribution < -0.4 is 5.32 Å². The van der Waals surface area contributed by atoms with E-state index < -0.39 is 47.6 Å². The summed E-state index contributed by atoms with van der Waals surface area (Å²) in [7, 11) is 1.54. The highest BCUT2D eigenvalue weighted by Gasteiger charge is 2.46. The van der Waals surface area contributed by atoms with Crippen LogP contribution in [0.25, 0.3) is 0 Å². The number of carbonyl (C=O) groups excluding carboxylic acids is 4. The van der Waals surface area contributed by atoms with E-state index in [4.69, 9.17) is 9.47 Å². The highest BCUT2D eigenvalue weighted by Crippen LogP contribution is 2.21. The molecule has 0 aromatic heterocycles. The van der Waals surface area contributed by atoms with E-state index >= 15 is 0 Å². The minimum Gasteiger partial charge on any atom is -0.460 e. The maximum Gasteiger partial charge on any atom is 0.331 e. The number of esters is 2. The van der Waals surface area contributed by atoms with Gasteiger partial charge in [0.25, 0.3) is 0 Å². The molecule has 0 saturated carbocycles. The number of unbranched alkanes of at least 4 members (excludes halogenated alkanes) is 5. The van der Waals surface area contributed by atoms with Gasteiger partial charge in [0.15, 0.2) is 6.04 Å². The molecule has 1 saturated heterocycles. The lowest BCUT2D eigenvalue weighted by Gasteiger charge is -2.28. The number of rotatable bonds is 14. The Morgan fingerprint density at radius 3 is 2.32 bits per heavy atom. The number of urea groups is 1. The van der Waals surface area contributed by atoms with Crippen LogP contribution >= 0.6 is 0 Å². The Labute approximate surface area is 227 Å². The van der Waals surface area contributed by atoms with Gasteiger partial charge in [0.1, 0.15) is 18.2 Å². The van der Waals surface area contributed by atoms with E-state index in [-0.39, 0.29) is 13.2 Å². The fourth-order valence-corrected chi connectivity index (χ4v) is 4.34. The first-order chi connectivity index (χ1) is 17.9. The third-order valence-electron chi connectivity index (χ3n) is 6.38. The molecule has 212 valence electrons. The first-order valence-corrected chi connectivity index (χ1v) is 13.7. The second-order valence-electron chi connectivity index (χ2n) is 11.0. The summed E-state index contributed by atoms with van der Waals surface area (Å²) in [5, 5.41) is 3.09. The topological polar surface area (TPSA) is 105 Å². The van der Waals surface area contributed by atoms with Crippen molar-refractivity contribution in [1.29, 1.82) is 0 Å². The number of imide groups is 1. The number of hydrogen-bond acceptors (Lipinski definition) is 7. The van der Waals surface area contributed by atoms with Crippen LogP contribution in [0.4, 0.5) is 4.79 Å². The number of benzene rings is 1. The van der Waals surface area contributed by atoms with Gasteiger partial charge in [-0.1, -0.05) is 75.8 Å². The van der Waals surface area contributed by atoms with E-state index in [1.807, 2.05) is 30.3 Å². The monoisotopic (exact) mass is 531 g/mol. The van der Waals surface area contributed by atoms with Gasteiger partial charge in [-0.3, -0.25) is 14.9 Å². The Balaban J connectivity index is 2.09. The zero-order valence-electron chi connectivity index (χ0n) is 23.8. The van der Waals surface area contributed by atoms with Crippen molar-refractivity contribution >= 4 is 23.9 Å². The van der Waals surface area contributed by atoms with Crippen molar-refractivity contribution in [3.8, 4) is 0 Å². The minimum atomic E-state index is -1.05. The van der Waals surface area contributed by atoms with Gasteiger partial charge >= 0.3 is 18.0 Å². The SMILES string of the molecule is CCCCCCCC[C@H](N[C@H](C)C(=O)N1C(=O)N(C)C[C@H]1C(=O)OC(C)(C)C)C(=O)OCc1ccccc1. The van der Waals surface area contributed by atoms with Crippen LogP contribution in [-0.2, 0) is 30.5 Å². The van der Waals surface area contributed by atoms with Crippen molar-refractivity contribution in [3.05, 3.63) is 35.9 Å². The largest absolute Gasteiger partial charge is 0.460 e. The summed E-state index contributed by atoms with van der Waals surface area (Å²) in [6, 6.07) is 6.16. The van der Waals surface area contributed by atoms with Crippen molar-refractivity contribution in [2.75, 3.05) is 13.6 Å². The molecule has 1 aromatic carbocycles. The predicted octanol–water partition coefficient (Wildman–Crippen LogP) is 4.43. The Bertz CT molecular complexity index is 930. The molecule has 1 aliphatic rings. The smallest absolute Gasteiger partial charge is 0.331 e. The third-order valence-corrected chi connectivity index (χ3v) is 6.38. The second kappa shape index (κ2) is 14.9. The maximum atomic E-state index is 13.4. The first-order valence-electron chi connectivity index (χ1n) is 13.7. The maximum absolute atomic E-state index is 13.4. The van der Waals surface area contributed by atoms with Crippen molar-refractivity contribution in [1.82, 2.24) is 15.1 Å². The molecule has 9 heteroatoms. The van der Waals surface area contributed by atoms with E-state index in [1.165, 1.54) is 18.4 Å². The van der Waals surface area contributed by atoms with Crippen molar-refractivity contribution in [2.45, 2.75) is 110 Å². The van der Waals surface area contributed by atoms with Gasteiger partial charge in [-0.05, 0) is 39.7 Å². The number of likely N-dealkylation sites (N-methyl/N-ethyl adjacent to an activating group) is 1. The lowest BCUT2D eigenvalue weighted by atomic mass is 10.0. The number of amides is 3. The molecular formula is C29H45N3O6. The van der Waals surface area contributed by atoms with Gasteiger partial charge in [0, 0.05) is 7.05 Å².